The van der Waals surface area contributed by atoms with E-state index in [-0.39, 0.29) is 18.1 Å². The molecule has 0 radical (unpaired) electrons. The molecule has 2 amide bonds. The number of benzene rings is 1. The highest BCUT2D eigenvalue weighted by atomic mass is 32.1. The number of carbonyl (C=O) groups excluding carboxylic acids is 2. The van der Waals surface area contributed by atoms with Crippen molar-refractivity contribution in [2.75, 3.05) is 6.61 Å². The lowest BCUT2D eigenvalue weighted by Crippen LogP contribution is -2.33. The summed E-state index contributed by atoms with van der Waals surface area (Å²) in [5, 5.41) is 4.71. The largest absolute Gasteiger partial charge is 0.350 e. The second-order valence-electron chi connectivity index (χ2n) is 5.70. The van der Waals surface area contributed by atoms with Crippen molar-refractivity contribution in [3.05, 3.63) is 57.8 Å². The molecule has 2 aromatic rings. The quantitative estimate of drug-likeness (QED) is 0.777. The lowest BCUT2D eigenvalue weighted by atomic mass is 10.1. The number of hydrogen-bond donors (Lipinski definition) is 2. The third-order valence-electron chi connectivity index (χ3n) is 3.84. The zero-order chi connectivity index (χ0) is 17.5. The first-order valence-electron chi connectivity index (χ1n) is 8.20. The molecule has 0 bridgehead atoms. The van der Waals surface area contributed by atoms with E-state index in [0.29, 0.717) is 23.6 Å². The van der Waals surface area contributed by atoms with Crippen molar-refractivity contribution in [2.45, 2.75) is 32.1 Å². The van der Waals surface area contributed by atoms with Crippen molar-refractivity contribution >= 4 is 23.2 Å². The molecule has 1 aliphatic heterocycles. The van der Waals surface area contributed by atoms with E-state index in [9.17, 15) is 9.59 Å². The Morgan fingerprint density at radius 1 is 1.16 bits per heavy atom. The summed E-state index contributed by atoms with van der Waals surface area (Å²) >= 11 is 1.40. The first-order chi connectivity index (χ1) is 12.2. The molecule has 1 fully saturated rings. The van der Waals surface area contributed by atoms with Gasteiger partial charge in [-0.3, -0.25) is 9.59 Å². The number of hydrogen-bond acceptors (Lipinski definition) is 5. The van der Waals surface area contributed by atoms with E-state index in [1.807, 2.05) is 11.4 Å². The second kappa shape index (κ2) is 8.75. The average Bonchev–Trinajstić information content (AvgIpc) is 3.20. The monoisotopic (exact) mass is 360 g/mol. The Kier molecular flexibility index (Phi) is 6.16. The number of nitrogens with one attached hydrogen (secondary N) is 2. The Balaban J connectivity index is 1.46. The molecule has 0 saturated carbocycles. The fourth-order valence-electron chi connectivity index (χ4n) is 2.43. The topological polar surface area (TPSA) is 76.7 Å². The van der Waals surface area contributed by atoms with E-state index in [2.05, 4.69) is 10.8 Å². The summed E-state index contributed by atoms with van der Waals surface area (Å²) in [5.41, 5.74) is 3.83. The normalized spacial score (nSPS) is 17.0. The van der Waals surface area contributed by atoms with Crippen molar-refractivity contribution < 1.29 is 19.2 Å². The molecule has 0 aliphatic carbocycles. The van der Waals surface area contributed by atoms with Gasteiger partial charge in [0.15, 0.2) is 6.29 Å². The number of ether oxygens (including phenoxy) is 1. The van der Waals surface area contributed by atoms with Crippen LogP contribution in [0, 0.1) is 0 Å². The Labute approximate surface area is 150 Å². The molecule has 1 unspecified atom stereocenters. The number of hydroxylamine groups is 1. The van der Waals surface area contributed by atoms with Gasteiger partial charge in [-0.2, -0.15) is 0 Å². The zero-order valence-electron chi connectivity index (χ0n) is 13.7. The summed E-state index contributed by atoms with van der Waals surface area (Å²) in [7, 11) is 0. The van der Waals surface area contributed by atoms with Crippen molar-refractivity contribution in [1.29, 1.82) is 0 Å². The molecular weight excluding hydrogens is 340 g/mol. The molecule has 6 nitrogen and oxygen atoms in total. The van der Waals surface area contributed by atoms with Gasteiger partial charge < -0.3 is 10.1 Å². The van der Waals surface area contributed by atoms with Gasteiger partial charge >= 0.3 is 0 Å². The third kappa shape index (κ3) is 5.12. The third-order valence-corrected chi connectivity index (χ3v) is 4.70. The smallest absolute Gasteiger partial charge is 0.274 e. The van der Waals surface area contributed by atoms with Crippen LogP contribution in [0.15, 0.2) is 41.8 Å². The van der Waals surface area contributed by atoms with Gasteiger partial charge in [0.05, 0.1) is 4.88 Å². The molecule has 132 valence electrons. The standard InChI is InChI=1S/C18H20N2O4S/c21-17(20-24-16-5-1-2-10-23-16)14-8-6-13(7-9-14)12-19-18(22)15-4-3-11-25-15/h3-4,6-9,11,16H,1-2,5,10,12H2,(H,19,22)(H,20,21). The van der Waals surface area contributed by atoms with Crippen LogP contribution in [0.4, 0.5) is 0 Å². The molecular formula is C18H20N2O4S. The van der Waals surface area contributed by atoms with Crippen LogP contribution in [0.2, 0.25) is 0 Å². The van der Waals surface area contributed by atoms with Crippen LogP contribution >= 0.6 is 11.3 Å². The van der Waals surface area contributed by atoms with Crippen LogP contribution < -0.4 is 10.8 Å². The van der Waals surface area contributed by atoms with E-state index in [1.54, 1.807) is 30.3 Å². The minimum Gasteiger partial charge on any atom is -0.350 e. The molecule has 25 heavy (non-hydrogen) atoms. The van der Waals surface area contributed by atoms with E-state index in [0.717, 1.165) is 24.8 Å². The lowest BCUT2D eigenvalue weighted by Gasteiger charge is -2.22. The summed E-state index contributed by atoms with van der Waals surface area (Å²) in [6, 6.07) is 10.6. The van der Waals surface area contributed by atoms with E-state index >= 15 is 0 Å². The maximum atomic E-state index is 12.1. The number of rotatable bonds is 6. The van der Waals surface area contributed by atoms with Gasteiger partial charge in [-0.25, -0.2) is 10.3 Å². The Bertz CT molecular complexity index is 694. The van der Waals surface area contributed by atoms with Crippen LogP contribution in [0.3, 0.4) is 0 Å². The van der Waals surface area contributed by atoms with Crippen molar-refractivity contribution in [3.63, 3.8) is 0 Å². The Morgan fingerprint density at radius 2 is 2.00 bits per heavy atom. The van der Waals surface area contributed by atoms with Gasteiger partial charge in [0.2, 0.25) is 0 Å². The van der Waals surface area contributed by atoms with E-state index in [1.165, 1.54) is 11.3 Å². The predicted octanol–water partition coefficient (Wildman–Crippen LogP) is 2.87. The van der Waals surface area contributed by atoms with Gasteiger partial charge in [0.1, 0.15) is 0 Å². The second-order valence-corrected chi connectivity index (χ2v) is 6.65. The average molecular weight is 360 g/mol. The van der Waals surface area contributed by atoms with E-state index in [4.69, 9.17) is 9.57 Å². The fraction of sp³-hybridized carbons (Fsp3) is 0.333. The van der Waals surface area contributed by atoms with Crippen LogP contribution in [0.25, 0.3) is 0 Å². The maximum absolute atomic E-state index is 12.1. The summed E-state index contributed by atoms with van der Waals surface area (Å²) in [6.45, 7) is 1.07. The van der Waals surface area contributed by atoms with Crippen molar-refractivity contribution in [2.24, 2.45) is 0 Å². The molecule has 7 heteroatoms. The van der Waals surface area contributed by atoms with Crippen molar-refractivity contribution in [1.82, 2.24) is 10.8 Å². The molecule has 1 saturated heterocycles. The van der Waals surface area contributed by atoms with E-state index < -0.39 is 0 Å². The lowest BCUT2D eigenvalue weighted by molar-refractivity contribution is -0.186. The van der Waals surface area contributed by atoms with Gasteiger partial charge in [0, 0.05) is 25.1 Å². The van der Waals surface area contributed by atoms with Gasteiger partial charge in [-0.15, -0.1) is 11.3 Å². The first kappa shape index (κ1) is 17.6. The maximum Gasteiger partial charge on any atom is 0.274 e. The summed E-state index contributed by atoms with van der Waals surface area (Å²) in [5.74, 6) is -0.416. The highest BCUT2D eigenvalue weighted by molar-refractivity contribution is 7.12. The molecule has 1 aromatic heterocycles. The first-order valence-corrected chi connectivity index (χ1v) is 9.08. The Hall–Kier alpha value is -2.22. The molecule has 2 heterocycles. The van der Waals surface area contributed by atoms with Crippen LogP contribution in [-0.4, -0.2) is 24.7 Å². The molecule has 3 rings (SSSR count). The van der Waals surface area contributed by atoms with Crippen molar-refractivity contribution in [3.8, 4) is 0 Å². The van der Waals surface area contributed by atoms with Gasteiger partial charge in [0.25, 0.3) is 11.8 Å². The SMILES string of the molecule is O=C(NOC1CCCCO1)c1ccc(CNC(=O)c2cccs2)cc1. The molecule has 1 atom stereocenters. The molecule has 1 aliphatic rings. The minimum atomic E-state index is -0.371. The minimum absolute atomic E-state index is 0.0994. The predicted molar refractivity (Wildman–Crippen MR) is 94.1 cm³/mol. The van der Waals surface area contributed by atoms with Crippen LogP contribution in [-0.2, 0) is 16.1 Å². The summed E-state index contributed by atoms with van der Waals surface area (Å²) in [6.07, 6.45) is 2.47. The molecule has 2 N–H and O–H groups in total. The molecule has 0 spiro atoms. The zero-order valence-corrected chi connectivity index (χ0v) is 14.5. The van der Waals surface area contributed by atoms with Crippen LogP contribution in [0.5, 0.6) is 0 Å². The fourth-order valence-corrected chi connectivity index (χ4v) is 3.07. The summed E-state index contributed by atoms with van der Waals surface area (Å²) < 4.78 is 5.39. The number of carbonyl (C=O) groups is 2. The number of thiophene rings is 1. The highest BCUT2D eigenvalue weighted by Crippen LogP contribution is 2.13. The van der Waals surface area contributed by atoms with Gasteiger partial charge in [-0.05, 0) is 42.0 Å². The number of amides is 2. The molecule has 1 aromatic carbocycles. The highest BCUT2D eigenvalue weighted by Gasteiger charge is 2.16. The van der Waals surface area contributed by atoms with Crippen LogP contribution in [0.1, 0.15) is 44.9 Å². The summed E-state index contributed by atoms with van der Waals surface area (Å²) in [4.78, 5) is 29.9. The Morgan fingerprint density at radius 3 is 2.68 bits per heavy atom. The van der Waals surface area contributed by atoms with Gasteiger partial charge in [-0.1, -0.05) is 18.2 Å².